The van der Waals surface area contributed by atoms with E-state index in [0.717, 1.165) is 11.1 Å². The van der Waals surface area contributed by atoms with Crippen LogP contribution in [-0.2, 0) is 21.6 Å². The summed E-state index contributed by atoms with van der Waals surface area (Å²) in [4.78, 5) is 4.02. The summed E-state index contributed by atoms with van der Waals surface area (Å²) in [6.45, 7) is 0.527. The SMILES string of the molecule is Clc1ccc([C@@]2(Cn3cncn3)OCO[C@@H]2c2ccc(Cl)cc2Cl)cc1. The Bertz CT molecular complexity index is 903. The Morgan fingerprint density at radius 1 is 1.08 bits per heavy atom. The van der Waals surface area contributed by atoms with E-state index < -0.39 is 11.7 Å². The minimum absolute atomic E-state index is 0.126. The summed E-state index contributed by atoms with van der Waals surface area (Å²) in [7, 11) is 0. The van der Waals surface area contributed by atoms with Crippen molar-refractivity contribution in [2.45, 2.75) is 18.2 Å². The van der Waals surface area contributed by atoms with Crippen LogP contribution < -0.4 is 0 Å². The van der Waals surface area contributed by atoms with Gasteiger partial charge in [-0.1, -0.05) is 53.0 Å². The lowest BCUT2D eigenvalue weighted by Crippen LogP contribution is -2.37. The zero-order valence-corrected chi connectivity index (χ0v) is 15.7. The predicted molar refractivity (Wildman–Crippen MR) is 99.4 cm³/mol. The Kier molecular flexibility index (Phi) is 4.90. The van der Waals surface area contributed by atoms with Crippen LogP contribution in [0.3, 0.4) is 0 Å². The molecule has 1 aliphatic rings. The third kappa shape index (κ3) is 3.21. The van der Waals surface area contributed by atoms with Crippen molar-refractivity contribution in [2.24, 2.45) is 0 Å². The number of aromatic nitrogens is 3. The first-order chi connectivity index (χ1) is 12.6. The van der Waals surface area contributed by atoms with Crippen LogP contribution in [0.1, 0.15) is 17.2 Å². The summed E-state index contributed by atoms with van der Waals surface area (Å²) in [5, 5.41) is 5.95. The van der Waals surface area contributed by atoms with Gasteiger partial charge in [-0.3, -0.25) is 0 Å². The average molecular weight is 411 g/mol. The van der Waals surface area contributed by atoms with Gasteiger partial charge in [-0.15, -0.1) is 0 Å². The molecule has 0 bridgehead atoms. The molecule has 0 unspecified atom stereocenters. The normalized spacial score (nSPS) is 22.7. The van der Waals surface area contributed by atoms with E-state index in [2.05, 4.69) is 10.1 Å². The molecule has 1 aliphatic heterocycles. The molecule has 0 saturated carbocycles. The maximum Gasteiger partial charge on any atom is 0.149 e. The fourth-order valence-corrected chi connectivity index (χ4v) is 3.85. The Hall–Kier alpha value is -1.63. The third-order valence-corrected chi connectivity index (χ3v) is 5.23. The number of benzene rings is 2. The van der Waals surface area contributed by atoms with Crippen molar-refractivity contribution in [1.82, 2.24) is 14.8 Å². The molecular formula is C18H14Cl3N3O2. The summed E-state index contributed by atoms with van der Waals surface area (Å²) < 4.78 is 13.8. The second-order valence-electron chi connectivity index (χ2n) is 5.96. The van der Waals surface area contributed by atoms with Gasteiger partial charge in [0.05, 0.1) is 6.54 Å². The first kappa shape index (κ1) is 17.8. The van der Waals surface area contributed by atoms with Crippen molar-refractivity contribution in [3.63, 3.8) is 0 Å². The van der Waals surface area contributed by atoms with E-state index in [1.165, 1.54) is 6.33 Å². The molecule has 1 fully saturated rings. The molecule has 0 aliphatic carbocycles. The highest BCUT2D eigenvalue weighted by Crippen LogP contribution is 2.48. The third-order valence-electron chi connectivity index (χ3n) is 4.42. The van der Waals surface area contributed by atoms with Crippen LogP contribution in [0.5, 0.6) is 0 Å². The summed E-state index contributed by atoms with van der Waals surface area (Å²) >= 11 is 18.6. The lowest BCUT2D eigenvalue weighted by molar-refractivity contribution is -0.0297. The zero-order valence-electron chi connectivity index (χ0n) is 13.5. The molecular weight excluding hydrogens is 397 g/mol. The number of ether oxygens (including phenoxy) is 2. The van der Waals surface area contributed by atoms with Crippen molar-refractivity contribution in [3.05, 3.63) is 81.3 Å². The summed E-state index contributed by atoms with van der Waals surface area (Å²) in [5.41, 5.74) is 0.866. The van der Waals surface area contributed by atoms with E-state index >= 15 is 0 Å². The van der Waals surface area contributed by atoms with Gasteiger partial charge in [0.1, 0.15) is 31.2 Å². The van der Waals surface area contributed by atoms with Crippen LogP contribution in [0.2, 0.25) is 15.1 Å². The second kappa shape index (κ2) is 7.18. The monoisotopic (exact) mass is 409 g/mol. The Labute approximate surface area is 165 Å². The van der Waals surface area contributed by atoms with Gasteiger partial charge < -0.3 is 9.47 Å². The van der Waals surface area contributed by atoms with Crippen LogP contribution >= 0.6 is 34.8 Å². The molecule has 0 spiro atoms. The molecule has 2 aromatic carbocycles. The summed E-state index contributed by atoms with van der Waals surface area (Å²) in [6.07, 6.45) is 2.67. The molecule has 0 amide bonds. The molecule has 0 N–H and O–H groups in total. The number of nitrogens with zero attached hydrogens (tertiary/aromatic N) is 3. The lowest BCUT2D eigenvalue weighted by Gasteiger charge is -2.33. The highest BCUT2D eigenvalue weighted by molar-refractivity contribution is 6.35. The van der Waals surface area contributed by atoms with Crippen LogP contribution in [0, 0.1) is 0 Å². The highest BCUT2D eigenvalue weighted by atomic mass is 35.5. The van der Waals surface area contributed by atoms with Gasteiger partial charge >= 0.3 is 0 Å². The van der Waals surface area contributed by atoms with E-state index in [0.29, 0.717) is 21.6 Å². The second-order valence-corrected chi connectivity index (χ2v) is 7.24. The quantitative estimate of drug-likeness (QED) is 0.615. The molecule has 1 saturated heterocycles. The molecule has 1 aromatic heterocycles. The lowest BCUT2D eigenvalue weighted by atomic mass is 9.84. The van der Waals surface area contributed by atoms with Crippen LogP contribution in [-0.4, -0.2) is 21.6 Å². The fraction of sp³-hybridized carbons (Fsp3) is 0.222. The molecule has 26 heavy (non-hydrogen) atoms. The van der Waals surface area contributed by atoms with Gasteiger partial charge in [-0.2, -0.15) is 5.10 Å². The van der Waals surface area contributed by atoms with Crippen molar-refractivity contribution >= 4 is 34.8 Å². The number of rotatable bonds is 4. The van der Waals surface area contributed by atoms with Crippen molar-refractivity contribution in [1.29, 1.82) is 0 Å². The Morgan fingerprint density at radius 3 is 2.54 bits per heavy atom. The zero-order chi connectivity index (χ0) is 18.1. The van der Waals surface area contributed by atoms with Crippen molar-refractivity contribution < 1.29 is 9.47 Å². The van der Waals surface area contributed by atoms with Crippen LogP contribution in [0.4, 0.5) is 0 Å². The van der Waals surface area contributed by atoms with E-state index in [1.54, 1.807) is 23.1 Å². The van der Waals surface area contributed by atoms with E-state index in [1.807, 2.05) is 30.3 Å². The molecule has 3 aromatic rings. The maximum absolute atomic E-state index is 6.46. The van der Waals surface area contributed by atoms with Crippen LogP contribution in [0.15, 0.2) is 55.1 Å². The van der Waals surface area contributed by atoms with Gasteiger partial charge in [-0.25, -0.2) is 9.67 Å². The van der Waals surface area contributed by atoms with Crippen molar-refractivity contribution in [2.75, 3.05) is 6.79 Å². The number of hydrogen-bond acceptors (Lipinski definition) is 4. The summed E-state index contributed by atoms with van der Waals surface area (Å²) in [6, 6.07) is 12.8. The minimum atomic E-state index is -0.838. The molecule has 0 radical (unpaired) electrons. The van der Waals surface area contributed by atoms with Gasteiger partial charge in [-0.05, 0) is 29.8 Å². The predicted octanol–water partition coefficient (Wildman–Crippen LogP) is 4.88. The number of halogens is 3. The fourth-order valence-electron chi connectivity index (χ4n) is 3.21. The van der Waals surface area contributed by atoms with Gasteiger partial charge in [0.25, 0.3) is 0 Å². The Morgan fingerprint density at radius 2 is 1.85 bits per heavy atom. The largest absolute Gasteiger partial charge is 0.344 e. The molecule has 2 heterocycles. The Balaban J connectivity index is 1.84. The topological polar surface area (TPSA) is 49.2 Å². The molecule has 2 atom stereocenters. The van der Waals surface area contributed by atoms with Crippen molar-refractivity contribution in [3.8, 4) is 0 Å². The molecule has 8 heteroatoms. The minimum Gasteiger partial charge on any atom is -0.344 e. The standard InChI is InChI=1S/C18H14Cl3N3O2/c19-13-3-1-12(2-4-13)18(8-24-10-22-9-23-24)17(25-11-26-18)15-6-5-14(20)7-16(15)21/h1-7,9-10,17H,8,11H2/t17-,18-/m1/s1. The van der Waals surface area contributed by atoms with Gasteiger partial charge in [0.15, 0.2) is 0 Å². The molecule has 5 nitrogen and oxygen atoms in total. The molecule has 134 valence electrons. The van der Waals surface area contributed by atoms with E-state index in [4.69, 9.17) is 44.3 Å². The molecule has 4 rings (SSSR count). The maximum atomic E-state index is 6.46. The smallest absolute Gasteiger partial charge is 0.149 e. The number of hydrogen-bond donors (Lipinski definition) is 0. The van der Waals surface area contributed by atoms with Crippen LogP contribution in [0.25, 0.3) is 0 Å². The summed E-state index contributed by atoms with van der Waals surface area (Å²) in [5.74, 6) is 0. The average Bonchev–Trinajstić information content (AvgIpc) is 3.27. The van der Waals surface area contributed by atoms with Gasteiger partial charge in [0, 0.05) is 20.6 Å². The first-order valence-electron chi connectivity index (χ1n) is 7.87. The van der Waals surface area contributed by atoms with Gasteiger partial charge in [0.2, 0.25) is 0 Å². The first-order valence-corrected chi connectivity index (χ1v) is 9.01. The highest BCUT2D eigenvalue weighted by Gasteiger charge is 2.49. The van der Waals surface area contributed by atoms with E-state index in [9.17, 15) is 0 Å². The van der Waals surface area contributed by atoms with E-state index in [-0.39, 0.29) is 6.79 Å².